The second kappa shape index (κ2) is 10.4. The number of nitrogens with zero attached hydrogens (tertiary/aromatic N) is 6. The summed E-state index contributed by atoms with van der Waals surface area (Å²) < 4.78 is 27.3. The van der Waals surface area contributed by atoms with Crippen LogP contribution in [-0.2, 0) is 16.6 Å². The number of benzene rings is 1. The minimum absolute atomic E-state index is 0.0247. The van der Waals surface area contributed by atoms with Gasteiger partial charge in [-0.1, -0.05) is 6.07 Å². The van der Waals surface area contributed by atoms with Gasteiger partial charge < -0.3 is 20.1 Å². The van der Waals surface area contributed by atoms with E-state index >= 15 is 0 Å². The lowest BCUT2D eigenvalue weighted by Crippen LogP contribution is -2.51. The number of amides is 1. The standard InChI is InChI=1S/C26H30N8O3S/c1-18-16-34(14-12-27-18)25(35)19-6-8-22(9-7-19)30-26-29-15-20-10-13-33(24(20)31-26)17-21-5-4-11-28-23(21)32(2)38(3,36)37/h4-11,13,15,18,27H,12,14,16-17H2,1-3H3,(H,29,30,31)/t18-/m0/s1. The molecule has 12 heteroatoms. The number of pyridine rings is 1. The molecule has 0 unspecified atom stereocenters. The Balaban J connectivity index is 1.34. The van der Waals surface area contributed by atoms with Gasteiger partial charge in [0, 0.05) is 73.5 Å². The summed E-state index contributed by atoms with van der Waals surface area (Å²) >= 11 is 0. The zero-order chi connectivity index (χ0) is 26.9. The van der Waals surface area contributed by atoms with E-state index in [1.165, 1.54) is 11.4 Å². The van der Waals surface area contributed by atoms with Crippen LogP contribution in [0, 0.1) is 0 Å². The molecule has 5 rings (SSSR count). The molecule has 0 radical (unpaired) electrons. The van der Waals surface area contributed by atoms with Gasteiger partial charge in [-0.3, -0.25) is 9.10 Å². The van der Waals surface area contributed by atoms with Crippen LogP contribution < -0.4 is 14.9 Å². The number of fused-ring (bicyclic) bond motifs is 1. The van der Waals surface area contributed by atoms with Crippen LogP contribution in [0.5, 0.6) is 0 Å². The van der Waals surface area contributed by atoms with Gasteiger partial charge in [-0.2, -0.15) is 4.98 Å². The van der Waals surface area contributed by atoms with Crippen molar-refractivity contribution in [1.29, 1.82) is 0 Å². The molecule has 0 saturated carbocycles. The molecule has 0 aliphatic carbocycles. The molecular formula is C26H30N8O3S. The molecule has 1 aliphatic heterocycles. The van der Waals surface area contributed by atoms with E-state index in [0.29, 0.717) is 42.6 Å². The lowest BCUT2D eigenvalue weighted by Gasteiger charge is -2.32. The summed E-state index contributed by atoms with van der Waals surface area (Å²) in [6.07, 6.45) is 6.34. The Morgan fingerprint density at radius 3 is 2.71 bits per heavy atom. The molecular weight excluding hydrogens is 504 g/mol. The first-order valence-corrected chi connectivity index (χ1v) is 14.1. The smallest absolute Gasteiger partial charge is 0.253 e. The molecule has 38 heavy (non-hydrogen) atoms. The maximum Gasteiger partial charge on any atom is 0.253 e. The molecule has 3 aromatic heterocycles. The summed E-state index contributed by atoms with van der Waals surface area (Å²) in [5.41, 5.74) is 2.84. The summed E-state index contributed by atoms with van der Waals surface area (Å²) in [6.45, 7) is 4.64. The van der Waals surface area contributed by atoms with Gasteiger partial charge in [0.05, 0.1) is 12.8 Å². The summed E-state index contributed by atoms with van der Waals surface area (Å²) in [7, 11) is -1.97. The number of anilines is 3. The van der Waals surface area contributed by atoms with E-state index in [4.69, 9.17) is 4.98 Å². The molecule has 0 spiro atoms. The van der Waals surface area contributed by atoms with E-state index in [2.05, 4.69) is 27.5 Å². The van der Waals surface area contributed by atoms with Crippen molar-refractivity contribution in [2.45, 2.75) is 19.5 Å². The topological polar surface area (TPSA) is 125 Å². The summed E-state index contributed by atoms with van der Waals surface area (Å²) in [5.74, 6) is 0.804. The highest BCUT2D eigenvalue weighted by molar-refractivity contribution is 7.92. The number of sulfonamides is 1. The van der Waals surface area contributed by atoms with Crippen molar-refractivity contribution in [1.82, 2.24) is 29.7 Å². The van der Waals surface area contributed by atoms with Gasteiger partial charge in [0.1, 0.15) is 11.5 Å². The number of nitrogens with one attached hydrogen (secondary N) is 2. The fraction of sp³-hybridized carbons (Fsp3) is 0.308. The third kappa shape index (κ3) is 5.46. The normalized spacial score (nSPS) is 16.0. The molecule has 1 fully saturated rings. The first-order valence-electron chi connectivity index (χ1n) is 12.3. The Bertz CT molecular complexity index is 1570. The second-order valence-electron chi connectivity index (χ2n) is 9.44. The monoisotopic (exact) mass is 534 g/mol. The Kier molecular flexibility index (Phi) is 7.00. The number of piperazine rings is 1. The molecule has 4 heterocycles. The van der Waals surface area contributed by atoms with E-state index in [9.17, 15) is 13.2 Å². The fourth-order valence-electron chi connectivity index (χ4n) is 4.46. The highest BCUT2D eigenvalue weighted by atomic mass is 32.2. The molecule has 1 aromatic carbocycles. The van der Waals surface area contributed by atoms with Crippen LogP contribution in [0.4, 0.5) is 17.5 Å². The van der Waals surface area contributed by atoms with E-state index in [0.717, 1.165) is 29.4 Å². The van der Waals surface area contributed by atoms with E-state index in [-0.39, 0.29) is 11.9 Å². The van der Waals surface area contributed by atoms with E-state index in [1.807, 2.05) is 39.9 Å². The Morgan fingerprint density at radius 1 is 1.18 bits per heavy atom. The third-order valence-electron chi connectivity index (χ3n) is 6.55. The van der Waals surface area contributed by atoms with Crippen LogP contribution in [0.25, 0.3) is 11.0 Å². The number of hydrogen-bond acceptors (Lipinski definition) is 8. The van der Waals surface area contributed by atoms with Crippen molar-refractivity contribution in [2.24, 2.45) is 0 Å². The van der Waals surface area contributed by atoms with Crippen molar-refractivity contribution in [3.63, 3.8) is 0 Å². The number of carbonyl (C=O) groups is 1. The molecule has 1 amide bonds. The zero-order valence-corrected chi connectivity index (χ0v) is 22.3. The fourth-order valence-corrected chi connectivity index (χ4v) is 4.94. The number of rotatable bonds is 7. The highest BCUT2D eigenvalue weighted by Crippen LogP contribution is 2.23. The molecule has 11 nitrogen and oxygen atoms in total. The van der Waals surface area contributed by atoms with Crippen molar-refractivity contribution >= 4 is 44.4 Å². The van der Waals surface area contributed by atoms with Gasteiger partial charge in [-0.15, -0.1) is 0 Å². The van der Waals surface area contributed by atoms with Gasteiger partial charge in [-0.05, 0) is 43.3 Å². The van der Waals surface area contributed by atoms with Crippen LogP contribution in [0.15, 0.2) is 61.1 Å². The van der Waals surface area contributed by atoms with Gasteiger partial charge in [0.25, 0.3) is 5.91 Å². The van der Waals surface area contributed by atoms with Crippen molar-refractivity contribution < 1.29 is 13.2 Å². The van der Waals surface area contributed by atoms with Crippen LogP contribution in [0.2, 0.25) is 0 Å². The van der Waals surface area contributed by atoms with Crippen LogP contribution in [0.3, 0.4) is 0 Å². The predicted octanol–water partition coefficient (Wildman–Crippen LogP) is 2.45. The number of aromatic nitrogens is 4. The molecule has 2 N–H and O–H groups in total. The predicted molar refractivity (Wildman–Crippen MR) is 147 cm³/mol. The maximum absolute atomic E-state index is 12.8. The van der Waals surface area contributed by atoms with Gasteiger partial charge >= 0.3 is 0 Å². The van der Waals surface area contributed by atoms with Gasteiger partial charge in [0.15, 0.2) is 0 Å². The summed E-state index contributed by atoms with van der Waals surface area (Å²) in [4.78, 5) is 28.1. The first kappa shape index (κ1) is 25.6. The third-order valence-corrected chi connectivity index (χ3v) is 7.72. The lowest BCUT2D eigenvalue weighted by atomic mass is 10.1. The summed E-state index contributed by atoms with van der Waals surface area (Å²) in [5, 5.41) is 7.41. The quantitative estimate of drug-likeness (QED) is 0.370. The van der Waals surface area contributed by atoms with Crippen molar-refractivity contribution in [3.8, 4) is 0 Å². The largest absolute Gasteiger partial charge is 0.336 e. The van der Waals surface area contributed by atoms with E-state index in [1.54, 1.807) is 30.6 Å². The molecule has 198 valence electrons. The van der Waals surface area contributed by atoms with Gasteiger partial charge in [-0.25, -0.2) is 18.4 Å². The maximum atomic E-state index is 12.8. The average Bonchev–Trinajstić information content (AvgIpc) is 3.30. The first-order chi connectivity index (χ1) is 18.2. The molecule has 0 bridgehead atoms. The van der Waals surface area contributed by atoms with Crippen molar-refractivity contribution in [2.75, 3.05) is 42.6 Å². The number of carbonyl (C=O) groups excluding carboxylic acids is 1. The Labute approximate surface area is 221 Å². The minimum atomic E-state index is -3.46. The SMILES string of the molecule is C[C@H]1CN(C(=O)c2ccc(Nc3ncc4ccn(Cc5cccnc5N(C)S(C)(=O)=O)c4n3)cc2)CCN1. The summed E-state index contributed by atoms with van der Waals surface area (Å²) in [6, 6.07) is 13.1. The van der Waals surface area contributed by atoms with Crippen LogP contribution >= 0.6 is 0 Å². The zero-order valence-electron chi connectivity index (χ0n) is 21.5. The molecule has 1 saturated heterocycles. The van der Waals surface area contributed by atoms with Crippen LogP contribution in [0.1, 0.15) is 22.8 Å². The van der Waals surface area contributed by atoms with Crippen molar-refractivity contribution in [3.05, 3.63) is 72.2 Å². The van der Waals surface area contributed by atoms with Crippen LogP contribution in [-0.4, -0.2) is 77.7 Å². The molecule has 1 atom stereocenters. The number of hydrogen-bond donors (Lipinski definition) is 2. The Morgan fingerprint density at radius 2 is 1.97 bits per heavy atom. The average molecular weight is 535 g/mol. The second-order valence-corrected chi connectivity index (χ2v) is 11.5. The van der Waals surface area contributed by atoms with Gasteiger partial charge in [0.2, 0.25) is 16.0 Å². The van der Waals surface area contributed by atoms with E-state index < -0.39 is 10.0 Å². The minimum Gasteiger partial charge on any atom is -0.336 e. The lowest BCUT2D eigenvalue weighted by molar-refractivity contribution is 0.0709. The molecule has 1 aliphatic rings. The molecule has 4 aromatic rings. The highest BCUT2D eigenvalue weighted by Gasteiger charge is 2.22. The Hall–Kier alpha value is -4.03.